The van der Waals surface area contributed by atoms with Gasteiger partial charge in [-0.1, -0.05) is 0 Å². The van der Waals surface area contributed by atoms with Crippen LogP contribution in [0.3, 0.4) is 0 Å². The number of hydrogen-bond donors (Lipinski definition) is 3. The molecule has 0 aliphatic carbocycles. The van der Waals surface area contributed by atoms with Crippen molar-refractivity contribution in [2.24, 2.45) is 4.99 Å². The summed E-state index contributed by atoms with van der Waals surface area (Å²) in [6, 6.07) is 0.199. The van der Waals surface area contributed by atoms with Gasteiger partial charge >= 0.3 is 6.09 Å². The Morgan fingerprint density at radius 3 is 2.35 bits per heavy atom. The van der Waals surface area contributed by atoms with Gasteiger partial charge in [0.05, 0.1) is 19.9 Å². The van der Waals surface area contributed by atoms with Crippen molar-refractivity contribution < 1.29 is 17.9 Å². The van der Waals surface area contributed by atoms with E-state index in [4.69, 9.17) is 4.74 Å². The van der Waals surface area contributed by atoms with Gasteiger partial charge in [0.15, 0.2) is 5.96 Å². The summed E-state index contributed by atoms with van der Waals surface area (Å²) in [6.45, 7) is 7.81. The number of amides is 1. The number of sulfonamides is 1. The molecule has 0 unspecified atom stereocenters. The summed E-state index contributed by atoms with van der Waals surface area (Å²) < 4.78 is 30.1. The van der Waals surface area contributed by atoms with Crippen LogP contribution in [0.1, 0.15) is 33.6 Å². The van der Waals surface area contributed by atoms with Crippen LogP contribution in [0, 0.1) is 0 Å². The number of rotatable bonds is 6. The smallest absolute Gasteiger partial charge is 0.409 e. The summed E-state index contributed by atoms with van der Waals surface area (Å²) >= 11 is 0. The zero-order chi connectivity index (χ0) is 19.1. The SMILES string of the molecule is CCNC(=NCC(C)(C)NS(C)(=O)=O)NC1CCN(C(=O)OC)CC1.I. The number of aliphatic imine (C=N–C) groups is 1. The van der Waals surface area contributed by atoms with E-state index in [0.29, 0.717) is 32.1 Å². The molecule has 0 saturated carbocycles. The molecule has 0 aromatic heterocycles. The lowest BCUT2D eigenvalue weighted by molar-refractivity contribution is 0.111. The zero-order valence-electron chi connectivity index (χ0n) is 16.2. The maximum absolute atomic E-state index is 11.5. The lowest BCUT2D eigenvalue weighted by atomic mass is 10.1. The molecule has 9 nitrogen and oxygen atoms in total. The fourth-order valence-corrected chi connectivity index (χ4v) is 3.73. The average molecular weight is 505 g/mol. The van der Waals surface area contributed by atoms with Crippen LogP contribution in [0.5, 0.6) is 0 Å². The van der Waals surface area contributed by atoms with Gasteiger partial charge in [0.25, 0.3) is 0 Å². The van der Waals surface area contributed by atoms with Gasteiger partial charge in [0, 0.05) is 31.2 Å². The lowest BCUT2D eigenvalue weighted by Crippen LogP contribution is -2.51. The van der Waals surface area contributed by atoms with E-state index in [0.717, 1.165) is 19.1 Å². The number of piperidine rings is 1. The molecule has 0 aromatic carbocycles. The first-order valence-corrected chi connectivity index (χ1v) is 10.3. The molecule has 0 atom stereocenters. The molecule has 1 fully saturated rings. The zero-order valence-corrected chi connectivity index (χ0v) is 19.3. The fourth-order valence-electron chi connectivity index (χ4n) is 2.66. The van der Waals surface area contributed by atoms with Crippen molar-refractivity contribution in [3.8, 4) is 0 Å². The Bertz CT molecular complexity index is 575. The average Bonchev–Trinajstić information content (AvgIpc) is 2.50. The Kier molecular flexibility index (Phi) is 10.8. The van der Waals surface area contributed by atoms with Crippen molar-refractivity contribution in [2.45, 2.75) is 45.2 Å². The molecule has 0 spiro atoms. The van der Waals surface area contributed by atoms with Crippen LogP contribution in [-0.2, 0) is 14.8 Å². The maximum Gasteiger partial charge on any atom is 0.409 e. The molecular weight excluding hydrogens is 473 g/mol. The van der Waals surface area contributed by atoms with Crippen molar-refractivity contribution in [3.05, 3.63) is 0 Å². The van der Waals surface area contributed by atoms with Crippen LogP contribution < -0.4 is 15.4 Å². The standard InChI is InChI=1S/C15H31N5O4S.HI/c1-6-16-13(17-11-15(2,3)19-25(5,22)23)18-12-7-9-20(10-8-12)14(21)24-4;/h12,19H,6-11H2,1-5H3,(H2,16,17,18);1H. The normalized spacial score (nSPS) is 16.7. The van der Waals surface area contributed by atoms with E-state index >= 15 is 0 Å². The largest absolute Gasteiger partial charge is 0.453 e. The van der Waals surface area contributed by atoms with Gasteiger partial charge in [-0.15, -0.1) is 24.0 Å². The van der Waals surface area contributed by atoms with Gasteiger partial charge in [-0.05, 0) is 33.6 Å². The number of guanidine groups is 1. The number of hydrogen-bond acceptors (Lipinski definition) is 5. The van der Waals surface area contributed by atoms with E-state index in [9.17, 15) is 13.2 Å². The fraction of sp³-hybridized carbons (Fsp3) is 0.867. The quantitative estimate of drug-likeness (QED) is 0.279. The monoisotopic (exact) mass is 505 g/mol. The Hall–Kier alpha value is -0.820. The Labute approximate surface area is 173 Å². The highest BCUT2D eigenvalue weighted by Gasteiger charge is 2.25. The number of halogens is 1. The molecule has 154 valence electrons. The van der Waals surface area contributed by atoms with Crippen LogP contribution in [0.2, 0.25) is 0 Å². The highest BCUT2D eigenvalue weighted by Crippen LogP contribution is 2.11. The first-order chi connectivity index (χ1) is 11.6. The van der Waals surface area contributed by atoms with Crippen LogP contribution >= 0.6 is 24.0 Å². The molecule has 1 amide bonds. The van der Waals surface area contributed by atoms with Crippen LogP contribution in [0.15, 0.2) is 4.99 Å². The van der Waals surface area contributed by atoms with Crippen LogP contribution in [0.4, 0.5) is 4.79 Å². The van der Waals surface area contributed by atoms with E-state index < -0.39 is 15.6 Å². The van der Waals surface area contributed by atoms with Gasteiger partial charge in [-0.3, -0.25) is 4.99 Å². The molecule has 26 heavy (non-hydrogen) atoms. The summed E-state index contributed by atoms with van der Waals surface area (Å²) in [5.41, 5.74) is -0.676. The Balaban J connectivity index is 0.00000625. The minimum atomic E-state index is -3.30. The second kappa shape index (κ2) is 11.1. The minimum absolute atomic E-state index is 0. The van der Waals surface area contributed by atoms with E-state index in [1.807, 2.05) is 6.92 Å². The van der Waals surface area contributed by atoms with Crippen LogP contribution in [-0.4, -0.2) is 76.5 Å². The number of methoxy groups -OCH3 is 1. The molecule has 1 aliphatic rings. The van der Waals surface area contributed by atoms with Crippen molar-refractivity contribution >= 4 is 46.1 Å². The highest BCUT2D eigenvalue weighted by atomic mass is 127. The third kappa shape index (κ3) is 9.76. The molecule has 0 bridgehead atoms. The molecular formula is C15H32IN5O4S. The van der Waals surface area contributed by atoms with Gasteiger partial charge in [-0.2, -0.15) is 0 Å². The first kappa shape index (κ1) is 25.2. The third-order valence-corrected chi connectivity index (χ3v) is 4.63. The molecule has 3 N–H and O–H groups in total. The topological polar surface area (TPSA) is 112 Å². The summed E-state index contributed by atoms with van der Waals surface area (Å²) in [5.74, 6) is 0.641. The van der Waals surface area contributed by atoms with Crippen molar-refractivity contribution in [2.75, 3.05) is 39.5 Å². The van der Waals surface area contributed by atoms with Crippen molar-refractivity contribution in [1.29, 1.82) is 0 Å². The molecule has 1 saturated heterocycles. The van der Waals surface area contributed by atoms with Crippen LogP contribution in [0.25, 0.3) is 0 Å². The summed E-state index contributed by atoms with van der Waals surface area (Å²) in [4.78, 5) is 17.7. The van der Waals surface area contributed by atoms with E-state index in [-0.39, 0.29) is 36.1 Å². The number of nitrogens with zero attached hydrogens (tertiary/aromatic N) is 2. The Morgan fingerprint density at radius 2 is 1.88 bits per heavy atom. The molecule has 0 aromatic rings. The third-order valence-electron chi connectivity index (χ3n) is 3.71. The maximum atomic E-state index is 11.5. The number of carbonyl (C=O) groups excluding carboxylic acids is 1. The molecule has 11 heteroatoms. The number of carbonyl (C=O) groups is 1. The van der Waals surface area contributed by atoms with Gasteiger partial charge in [-0.25, -0.2) is 17.9 Å². The molecule has 1 rings (SSSR count). The molecule has 0 radical (unpaired) electrons. The van der Waals surface area contributed by atoms with E-state index in [1.165, 1.54) is 7.11 Å². The second-order valence-corrected chi connectivity index (χ2v) is 8.58. The first-order valence-electron chi connectivity index (χ1n) is 8.43. The number of ether oxygens (including phenoxy) is 1. The van der Waals surface area contributed by atoms with Gasteiger partial charge in [0.1, 0.15) is 0 Å². The van der Waals surface area contributed by atoms with Gasteiger partial charge in [0.2, 0.25) is 10.0 Å². The molecule has 1 heterocycles. The summed E-state index contributed by atoms with van der Waals surface area (Å²) in [7, 11) is -1.91. The predicted octanol–water partition coefficient (Wildman–Crippen LogP) is 0.718. The summed E-state index contributed by atoms with van der Waals surface area (Å²) in [6.07, 6.45) is 2.43. The lowest BCUT2D eigenvalue weighted by Gasteiger charge is -2.32. The van der Waals surface area contributed by atoms with Crippen molar-refractivity contribution in [1.82, 2.24) is 20.3 Å². The minimum Gasteiger partial charge on any atom is -0.453 e. The van der Waals surface area contributed by atoms with Gasteiger partial charge < -0.3 is 20.3 Å². The second-order valence-electron chi connectivity index (χ2n) is 6.83. The molecule has 1 aliphatic heterocycles. The van der Waals surface area contributed by atoms with E-state index in [2.05, 4.69) is 20.3 Å². The van der Waals surface area contributed by atoms with Crippen molar-refractivity contribution in [3.63, 3.8) is 0 Å². The summed E-state index contributed by atoms with van der Waals surface area (Å²) in [5, 5.41) is 6.52. The highest BCUT2D eigenvalue weighted by molar-refractivity contribution is 14.0. The Morgan fingerprint density at radius 1 is 1.31 bits per heavy atom. The number of likely N-dealkylation sites (tertiary alicyclic amines) is 1. The number of nitrogens with one attached hydrogen (secondary N) is 3. The van der Waals surface area contributed by atoms with E-state index in [1.54, 1.807) is 18.7 Å². The predicted molar refractivity (Wildman–Crippen MR) is 114 cm³/mol.